The molecule has 1 atom stereocenters. The fraction of sp³-hybridized carbons (Fsp3) is 0.818. The van der Waals surface area contributed by atoms with Gasteiger partial charge in [-0.3, -0.25) is 9.59 Å². The van der Waals surface area contributed by atoms with Gasteiger partial charge >= 0.3 is 0 Å². The Bertz CT molecular complexity index is 223. The monoisotopic (exact) mass is 197 g/mol. The van der Waals surface area contributed by atoms with Crippen LogP contribution in [0, 0.1) is 5.92 Å². The van der Waals surface area contributed by atoms with Crippen LogP contribution in [0.15, 0.2) is 0 Å². The van der Waals surface area contributed by atoms with Crippen molar-refractivity contribution in [2.24, 2.45) is 5.92 Å². The SMILES string of the molecule is CC(C)NC(=O)CCC1CCCC1=O. The zero-order chi connectivity index (χ0) is 10.6. The molecule has 0 radical (unpaired) electrons. The summed E-state index contributed by atoms with van der Waals surface area (Å²) < 4.78 is 0. The first-order valence-electron chi connectivity index (χ1n) is 5.41. The molecule has 14 heavy (non-hydrogen) atoms. The summed E-state index contributed by atoms with van der Waals surface area (Å²) in [5.41, 5.74) is 0. The van der Waals surface area contributed by atoms with Crippen LogP contribution in [0.5, 0.6) is 0 Å². The van der Waals surface area contributed by atoms with Crippen LogP contribution in [0.3, 0.4) is 0 Å². The van der Waals surface area contributed by atoms with Crippen molar-refractivity contribution in [3.05, 3.63) is 0 Å². The van der Waals surface area contributed by atoms with Crippen molar-refractivity contribution in [1.82, 2.24) is 5.32 Å². The Morgan fingerprint density at radius 3 is 2.79 bits per heavy atom. The van der Waals surface area contributed by atoms with Gasteiger partial charge in [0.2, 0.25) is 5.91 Å². The summed E-state index contributed by atoms with van der Waals surface area (Å²) in [6.07, 6.45) is 3.94. The summed E-state index contributed by atoms with van der Waals surface area (Å²) in [6, 6.07) is 0.196. The Morgan fingerprint density at radius 2 is 2.29 bits per heavy atom. The smallest absolute Gasteiger partial charge is 0.220 e. The van der Waals surface area contributed by atoms with E-state index in [0.29, 0.717) is 12.2 Å². The van der Waals surface area contributed by atoms with Gasteiger partial charge in [-0.2, -0.15) is 0 Å². The minimum absolute atomic E-state index is 0.0692. The predicted octanol–water partition coefficient (Wildman–Crippen LogP) is 1.66. The molecule has 0 spiro atoms. The number of hydrogen-bond acceptors (Lipinski definition) is 2. The van der Waals surface area contributed by atoms with Gasteiger partial charge in [0.1, 0.15) is 5.78 Å². The lowest BCUT2D eigenvalue weighted by Crippen LogP contribution is -2.30. The number of amides is 1. The van der Waals surface area contributed by atoms with Gasteiger partial charge in [-0.25, -0.2) is 0 Å². The van der Waals surface area contributed by atoms with Gasteiger partial charge in [0.15, 0.2) is 0 Å². The topological polar surface area (TPSA) is 46.2 Å². The summed E-state index contributed by atoms with van der Waals surface area (Å²) in [7, 11) is 0. The molecule has 1 amide bonds. The number of carbonyl (C=O) groups excluding carboxylic acids is 2. The van der Waals surface area contributed by atoms with E-state index in [0.717, 1.165) is 25.7 Å². The summed E-state index contributed by atoms with van der Waals surface area (Å²) >= 11 is 0. The first kappa shape index (κ1) is 11.2. The Morgan fingerprint density at radius 1 is 1.57 bits per heavy atom. The highest BCUT2D eigenvalue weighted by Crippen LogP contribution is 2.25. The zero-order valence-electron chi connectivity index (χ0n) is 9.01. The van der Waals surface area contributed by atoms with Gasteiger partial charge in [-0.05, 0) is 33.1 Å². The second kappa shape index (κ2) is 5.13. The molecule has 0 heterocycles. The third kappa shape index (κ3) is 3.48. The highest BCUT2D eigenvalue weighted by atomic mass is 16.1. The van der Waals surface area contributed by atoms with Crippen LogP contribution in [-0.2, 0) is 9.59 Å². The molecule has 1 unspecified atom stereocenters. The van der Waals surface area contributed by atoms with Crippen molar-refractivity contribution in [2.45, 2.75) is 52.0 Å². The van der Waals surface area contributed by atoms with Crippen LogP contribution in [0.2, 0.25) is 0 Å². The number of ketones is 1. The van der Waals surface area contributed by atoms with E-state index in [2.05, 4.69) is 5.32 Å². The molecule has 0 bridgehead atoms. The molecule has 1 rings (SSSR count). The summed E-state index contributed by atoms with van der Waals surface area (Å²) in [6.45, 7) is 3.89. The van der Waals surface area contributed by atoms with Crippen molar-refractivity contribution in [3.63, 3.8) is 0 Å². The normalized spacial score (nSPS) is 21.6. The standard InChI is InChI=1S/C11H19NO2/c1-8(2)12-11(14)7-6-9-4-3-5-10(9)13/h8-9H,3-7H2,1-2H3,(H,12,14). The van der Waals surface area contributed by atoms with E-state index >= 15 is 0 Å². The van der Waals surface area contributed by atoms with Gasteiger partial charge in [0, 0.05) is 24.8 Å². The number of hydrogen-bond donors (Lipinski definition) is 1. The van der Waals surface area contributed by atoms with E-state index in [4.69, 9.17) is 0 Å². The van der Waals surface area contributed by atoms with Crippen molar-refractivity contribution in [2.75, 3.05) is 0 Å². The maximum Gasteiger partial charge on any atom is 0.220 e. The van der Waals surface area contributed by atoms with E-state index in [9.17, 15) is 9.59 Å². The third-order valence-electron chi connectivity index (χ3n) is 2.60. The van der Waals surface area contributed by atoms with Gasteiger partial charge in [0.25, 0.3) is 0 Å². The molecule has 0 aliphatic heterocycles. The summed E-state index contributed by atoms with van der Waals surface area (Å²) in [4.78, 5) is 22.6. The van der Waals surface area contributed by atoms with Crippen molar-refractivity contribution in [1.29, 1.82) is 0 Å². The molecule has 1 aliphatic rings. The Hall–Kier alpha value is -0.860. The molecule has 3 nitrogen and oxygen atoms in total. The molecule has 1 N–H and O–H groups in total. The maximum atomic E-state index is 11.3. The molecular formula is C11H19NO2. The minimum atomic E-state index is 0.0692. The lowest BCUT2D eigenvalue weighted by atomic mass is 10.0. The molecule has 3 heteroatoms. The van der Waals surface area contributed by atoms with E-state index in [1.54, 1.807) is 0 Å². The van der Waals surface area contributed by atoms with E-state index in [-0.39, 0.29) is 17.9 Å². The predicted molar refractivity (Wildman–Crippen MR) is 54.9 cm³/mol. The van der Waals surface area contributed by atoms with Crippen molar-refractivity contribution < 1.29 is 9.59 Å². The molecule has 1 aliphatic carbocycles. The summed E-state index contributed by atoms with van der Waals surface area (Å²) in [5.74, 6) is 0.579. The Balaban J connectivity index is 2.19. The van der Waals surface area contributed by atoms with Crippen LogP contribution in [0.1, 0.15) is 46.0 Å². The fourth-order valence-corrected chi connectivity index (χ4v) is 1.89. The van der Waals surface area contributed by atoms with Crippen LogP contribution >= 0.6 is 0 Å². The second-order valence-electron chi connectivity index (χ2n) is 4.32. The lowest BCUT2D eigenvalue weighted by Gasteiger charge is -2.10. The Kier molecular flexibility index (Phi) is 4.11. The largest absolute Gasteiger partial charge is 0.354 e. The molecule has 0 aromatic carbocycles. The molecule has 80 valence electrons. The first-order valence-corrected chi connectivity index (χ1v) is 5.41. The van der Waals surface area contributed by atoms with Crippen LogP contribution in [0.4, 0.5) is 0 Å². The average Bonchev–Trinajstić information content (AvgIpc) is 2.46. The number of Topliss-reactive ketones (excluding diaryl/α,β-unsaturated/α-hetero) is 1. The van der Waals surface area contributed by atoms with Gasteiger partial charge < -0.3 is 5.32 Å². The molecular weight excluding hydrogens is 178 g/mol. The second-order valence-corrected chi connectivity index (χ2v) is 4.32. The van der Waals surface area contributed by atoms with E-state index in [1.165, 1.54) is 0 Å². The third-order valence-corrected chi connectivity index (χ3v) is 2.60. The van der Waals surface area contributed by atoms with Crippen molar-refractivity contribution >= 4 is 11.7 Å². The van der Waals surface area contributed by atoms with E-state index in [1.807, 2.05) is 13.8 Å². The average molecular weight is 197 g/mol. The molecule has 0 saturated heterocycles. The highest BCUT2D eigenvalue weighted by molar-refractivity contribution is 5.83. The Labute approximate surface area is 85.3 Å². The number of rotatable bonds is 4. The molecule has 0 aromatic heterocycles. The number of carbonyl (C=O) groups is 2. The minimum Gasteiger partial charge on any atom is -0.354 e. The quantitative estimate of drug-likeness (QED) is 0.745. The van der Waals surface area contributed by atoms with Gasteiger partial charge in [-0.15, -0.1) is 0 Å². The van der Waals surface area contributed by atoms with Crippen LogP contribution in [0.25, 0.3) is 0 Å². The number of nitrogens with one attached hydrogen (secondary N) is 1. The highest BCUT2D eigenvalue weighted by Gasteiger charge is 2.24. The van der Waals surface area contributed by atoms with Crippen LogP contribution < -0.4 is 5.32 Å². The molecule has 0 aromatic rings. The molecule has 1 saturated carbocycles. The van der Waals surface area contributed by atoms with Crippen LogP contribution in [-0.4, -0.2) is 17.7 Å². The summed E-state index contributed by atoms with van der Waals surface area (Å²) in [5, 5.41) is 2.83. The first-order chi connectivity index (χ1) is 6.59. The lowest BCUT2D eigenvalue weighted by molar-refractivity contribution is -0.123. The van der Waals surface area contributed by atoms with Gasteiger partial charge in [-0.1, -0.05) is 0 Å². The van der Waals surface area contributed by atoms with E-state index < -0.39 is 0 Å². The van der Waals surface area contributed by atoms with Crippen molar-refractivity contribution in [3.8, 4) is 0 Å². The fourth-order valence-electron chi connectivity index (χ4n) is 1.89. The zero-order valence-corrected chi connectivity index (χ0v) is 9.01. The molecule has 1 fully saturated rings. The maximum absolute atomic E-state index is 11.3. The van der Waals surface area contributed by atoms with Gasteiger partial charge in [0.05, 0.1) is 0 Å².